The van der Waals surface area contributed by atoms with Gasteiger partial charge in [-0.2, -0.15) is 5.26 Å². The number of benzene rings is 2. The summed E-state index contributed by atoms with van der Waals surface area (Å²) < 4.78 is 13.4. The molecule has 35 heavy (non-hydrogen) atoms. The van der Waals surface area contributed by atoms with E-state index in [2.05, 4.69) is 40.7 Å². The number of anilines is 2. The molecule has 1 aromatic heterocycles. The van der Waals surface area contributed by atoms with Gasteiger partial charge in [0.2, 0.25) is 0 Å². The smallest absolute Gasteiger partial charge is 0.123 e. The van der Waals surface area contributed by atoms with Gasteiger partial charge in [-0.25, -0.2) is 4.39 Å². The SMILES string of the molecule is C#CC(c1ccc(F)cc1)C1CCN(c2ccc(C#N)cc2NC(=C)c2cccnc2CC)CC1. The fraction of sp³-hybridized carbons (Fsp3) is 0.267. The average Bonchev–Trinajstić information content (AvgIpc) is 2.90. The summed E-state index contributed by atoms with van der Waals surface area (Å²) in [5, 5.41) is 12.9. The number of pyridine rings is 1. The quantitative estimate of drug-likeness (QED) is 0.413. The van der Waals surface area contributed by atoms with Crippen molar-refractivity contribution in [2.24, 2.45) is 5.92 Å². The molecule has 0 bridgehead atoms. The normalized spacial score (nSPS) is 14.6. The van der Waals surface area contributed by atoms with Gasteiger partial charge in [0.05, 0.1) is 23.0 Å². The molecule has 1 N–H and O–H groups in total. The molecule has 1 aliphatic rings. The van der Waals surface area contributed by atoms with E-state index in [1.165, 1.54) is 12.1 Å². The van der Waals surface area contributed by atoms with Crippen molar-refractivity contribution in [3.63, 3.8) is 0 Å². The first-order valence-corrected chi connectivity index (χ1v) is 11.9. The summed E-state index contributed by atoms with van der Waals surface area (Å²) in [6, 6.07) is 18.4. The van der Waals surface area contributed by atoms with Gasteiger partial charge < -0.3 is 10.2 Å². The van der Waals surface area contributed by atoms with Crippen molar-refractivity contribution in [1.29, 1.82) is 5.26 Å². The van der Waals surface area contributed by atoms with Crippen molar-refractivity contribution in [2.45, 2.75) is 32.1 Å². The third-order valence-corrected chi connectivity index (χ3v) is 6.72. The highest BCUT2D eigenvalue weighted by Crippen LogP contribution is 2.37. The van der Waals surface area contributed by atoms with Gasteiger partial charge in [-0.05, 0) is 73.2 Å². The van der Waals surface area contributed by atoms with Gasteiger partial charge in [0.1, 0.15) is 5.82 Å². The summed E-state index contributed by atoms with van der Waals surface area (Å²) in [4.78, 5) is 6.80. The lowest BCUT2D eigenvalue weighted by molar-refractivity contribution is 0.380. The molecule has 176 valence electrons. The molecule has 2 aromatic carbocycles. The minimum Gasteiger partial charge on any atom is -0.370 e. The first-order valence-electron chi connectivity index (χ1n) is 11.9. The number of rotatable bonds is 7. The lowest BCUT2D eigenvalue weighted by Crippen LogP contribution is -2.35. The number of terminal acetylenes is 1. The topological polar surface area (TPSA) is 52.0 Å². The molecule has 1 saturated heterocycles. The van der Waals surface area contributed by atoms with Crippen LogP contribution in [0.4, 0.5) is 15.8 Å². The summed E-state index contributed by atoms with van der Waals surface area (Å²) in [5.41, 5.74) is 6.17. The van der Waals surface area contributed by atoms with E-state index in [0.717, 1.165) is 66.2 Å². The lowest BCUT2D eigenvalue weighted by atomic mass is 9.80. The maximum absolute atomic E-state index is 13.4. The molecule has 0 radical (unpaired) electrons. The minimum atomic E-state index is -0.251. The van der Waals surface area contributed by atoms with Crippen LogP contribution in [-0.4, -0.2) is 18.1 Å². The van der Waals surface area contributed by atoms with Gasteiger partial charge in [0.25, 0.3) is 0 Å². The number of nitriles is 1. The van der Waals surface area contributed by atoms with Gasteiger partial charge in [-0.15, -0.1) is 6.42 Å². The highest BCUT2D eigenvalue weighted by Gasteiger charge is 2.28. The van der Waals surface area contributed by atoms with E-state index in [-0.39, 0.29) is 11.7 Å². The van der Waals surface area contributed by atoms with Crippen LogP contribution in [0.2, 0.25) is 0 Å². The Labute approximate surface area is 207 Å². The van der Waals surface area contributed by atoms with Crippen molar-refractivity contribution in [2.75, 3.05) is 23.3 Å². The summed E-state index contributed by atoms with van der Waals surface area (Å²) in [6.07, 6.45) is 10.3. The van der Waals surface area contributed by atoms with Crippen LogP contribution < -0.4 is 10.2 Å². The van der Waals surface area contributed by atoms with Crippen molar-refractivity contribution in [1.82, 2.24) is 4.98 Å². The molecule has 1 atom stereocenters. The molecule has 5 heteroatoms. The fourth-order valence-corrected chi connectivity index (χ4v) is 4.85. The van der Waals surface area contributed by atoms with Crippen LogP contribution in [0.25, 0.3) is 5.70 Å². The summed E-state index contributed by atoms with van der Waals surface area (Å²) >= 11 is 0. The molecule has 1 fully saturated rings. The van der Waals surface area contributed by atoms with Crippen LogP contribution >= 0.6 is 0 Å². The van der Waals surface area contributed by atoms with E-state index in [9.17, 15) is 9.65 Å². The summed E-state index contributed by atoms with van der Waals surface area (Å²) in [7, 11) is 0. The third kappa shape index (κ3) is 5.36. The molecule has 2 heterocycles. The van der Waals surface area contributed by atoms with Crippen LogP contribution in [0.3, 0.4) is 0 Å². The molecule has 3 aromatic rings. The number of nitrogens with zero attached hydrogens (tertiary/aromatic N) is 3. The Kier molecular flexibility index (Phi) is 7.48. The molecule has 4 rings (SSSR count). The second-order valence-electron chi connectivity index (χ2n) is 8.82. The van der Waals surface area contributed by atoms with Gasteiger partial charge in [0.15, 0.2) is 0 Å². The minimum absolute atomic E-state index is 0.0332. The van der Waals surface area contributed by atoms with E-state index in [1.54, 1.807) is 18.3 Å². The van der Waals surface area contributed by atoms with E-state index < -0.39 is 0 Å². The van der Waals surface area contributed by atoms with E-state index in [1.807, 2.05) is 30.3 Å². The first kappa shape index (κ1) is 24.0. The van der Waals surface area contributed by atoms with Crippen molar-refractivity contribution in [3.05, 3.63) is 95.6 Å². The number of aryl methyl sites for hydroxylation is 1. The van der Waals surface area contributed by atoms with Crippen molar-refractivity contribution < 1.29 is 4.39 Å². The Balaban J connectivity index is 1.53. The lowest BCUT2D eigenvalue weighted by Gasteiger charge is -2.37. The predicted octanol–water partition coefficient (Wildman–Crippen LogP) is 6.37. The van der Waals surface area contributed by atoms with Crippen molar-refractivity contribution >= 4 is 17.1 Å². The summed E-state index contributed by atoms with van der Waals surface area (Å²) in [5.74, 6) is 2.98. The predicted molar refractivity (Wildman–Crippen MR) is 140 cm³/mol. The van der Waals surface area contributed by atoms with Gasteiger partial charge >= 0.3 is 0 Å². The van der Waals surface area contributed by atoms with Gasteiger partial charge in [-0.3, -0.25) is 4.98 Å². The van der Waals surface area contributed by atoms with Crippen molar-refractivity contribution in [3.8, 4) is 18.4 Å². The van der Waals surface area contributed by atoms with Crippen LogP contribution in [0.15, 0.2) is 67.4 Å². The number of aromatic nitrogens is 1. The maximum Gasteiger partial charge on any atom is 0.123 e. The second kappa shape index (κ2) is 10.9. The number of halogens is 1. The second-order valence-corrected chi connectivity index (χ2v) is 8.82. The Hall–Kier alpha value is -4.09. The Morgan fingerprint density at radius 2 is 1.97 bits per heavy atom. The molecule has 0 spiro atoms. The van der Waals surface area contributed by atoms with Crippen LogP contribution in [-0.2, 0) is 6.42 Å². The van der Waals surface area contributed by atoms with Crippen LogP contribution in [0.5, 0.6) is 0 Å². The molecule has 0 amide bonds. The molecule has 0 aliphatic carbocycles. The van der Waals surface area contributed by atoms with E-state index in [0.29, 0.717) is 11.5 Å². The molecular weight excluding hydrogens is 435 g/mol. The Morgan fingerprint density at radius 3 is 2.63 bits per heavy atom. The number of hydrogen-bond acceptors (Lipinski definition) is 4. The highest BCUT2D eigenvalue weighted by molar-refractivity contribution is 5.83. The van der Waals surface area contributed by atoms with E-state index in [4.69, 9.17) is 6.42 Å². The molecule has 1 aliphatic heterocycles. The highest BCUT2D eigenvalue weighted by atomic mass is 19.1. The molecular formula is C30H29FN4. The average molecular weight is 465 g/mol. The third-order valence-electron chi connectivity index (χ3n) is 6.72. The first-order chi connectivity index (χ1) is 17.0. The zero-order valence-corrected chi connectivity index (χ0v) is 20.0. The molecule has 0 saturated carbocycles. The fourth-order valence-electron chi connectivity index (χ4n) is 4.85. The Bertz CT molecular complexity index is 1270. The molecule has 1 unspecified atom stereocenters. The zero-order chi connectivity index (χ0) is 24.8. The standard InChI is InChI=1S/C30H29FN4/c1-4-26(23-9-11-25(31)12-10-23)24-14-17-35(18-15-24)30-13-8-22(20-32)19-29(30)34-21(3)27-7-6-16-33-28(27)5-2/h1,6-13,16,19,24,26,34H,3,5,14-15,17-18H2,2H3. The zero-order valence-electron chi connectivity index (χ0n) is 20.0. The monoisotopic (exact) mass is 464 g/mol. The number of piperidine rings is 1. The summed E-state index contributed by atoms with van der Waals surface area (Å²) in [6.45, 7) is 8.00. The van der Waals surface area contributed by atoms with Crippen LogP contribution in [0.1, 0.15) is 48.1 Å². The van der Waals surface area contributed by atoms with Gasteiger partial charge in [0, 0.05) is 42.2 Å². The molecule has 4 nitrogen and oxygen atoms in total. The van der Waals surface area contributed by atoms with Gasteiger partial charge in [-0.1, -0.05) is 31.6 Å². The van der Waals surface area contributed by atoms with E-state index >= 15 is 0 Å². The largest absolute Gasteiger partial charge is 0.370 e. The van der Waals surface area contributed by atoms with Crippen LogP contribution in [0, 0.1) is 35.4 Å². The number of hydrogen-bond donors (Lipinski definition) is 1. The maximum atomic E-state index is 13.4. The number of nitrogens with one attached hydrogen (secondary N) is 1. The Morgan fingerprint density at radius 1 is 1.23 bits per heavy atom.